The van der Waals surface area contributed by atoms with Crippen molar-refractivity contribution < 1.29 is 22.7 Å². The summed E-state index contributed by atoms with van der Waals surface area (Å²) < 4.78 is 31.8. The van der Waals surface area contributed by atoms with Gasteiger partial charge in [-0.3, -0.25) is 4.79 Å². The van der Waals surface area contributed by atoms with Crippen molar-refractivity contribution >= 4 is 21.9 Å². The first kappa shape index (κ1) is 21.0. The van der Waals surface area contributed by atoms with Crippen LogP contribution in [0.25, 0.3) is 0 Å². The van der Waals surface area contributed by atoms with Crippen LogP contribution in [0, 0.1) is 13.8 Å². The number of carbonyl (C=O) groups is 2. The predicted molar refractivity (Wildman–Crippen MR) is 108 cm³/mol. The number of benzene rings is 2. The number of esters is 1. The molecule has 1 aliphatic heterocycles. The molecule has 154 valence electrons. The summed E-state index contributed by atoms with van der Waals surface area (Å²) in [5.74, 6) is -0.884. The lowest BCUT2D eigenvalue weighted by Crippen LogP contribution is -2.51. The lowest BCUT2D eigenvalue weighted by atomic mass is 10.1. The van der Waals surface area contributed by atoms with Gasteiger partial charge in [-0.05, 0) is 49.2 Å². The molecular weight excluding hydrogens is 392 g/mol. The summed E-state index contributed by atoms with van der Waals surface area (Å²) in [6.07, 6.45) is 0. The third-order valence-corrected chi connectivity index (χ3v) is 6.95. The molecule has 0 N–H and O–H groups in total. The molecule has 0 radical (unpaired) electrons. The number of hydrogen-bond donors (Lipinski definition) is 0. The first-order chi connectivity index (χ1) is 13.8. The largest absolute Gasteiger partial charge is 0.452 e. The van der Waals surface area contributed by atoms with Gasteiger partial charge in [0, 0.05) is 26.2 Å². The molecule has 3 rings (SSSR count). The van der Waals surface area contributed by atoms with Gasteiger partial charge >= 0.3 is 5.97 Å². The zero-order valence-electron chi connectivity index (χ0n) is 16.5. The minimum Gasteiger partial charge on any atom is -0.452 e. The average molecular weight is 416 g/mol. The van der Waals surface area contributed by atoms with E-state index in [1.807, 2.05) is 19.9 Å². The molecule has 1 saturated heterocycles. The van der Waals surface area contributed by atoms with E-state index in [1.165, 1.54) is 9.21 Å². The maximum Gasteiger partial charge on any atom is 0.338 e. The molecule has 1 amide bonds. The average Bonchev–Trinajstić information content (AvgIpc) is 2.74. The van der Waals surface area contributed by atoms with Crippen LogP contribution in [0.2, 0.25) is 0 Å². The number of ether oxygens (including phenoxy) is 1. The maximum atomic E-state index is 12.6. The van der Waals surface area contributed by atoms with Crippen molar-refractivity contribution in [2.24, 2.45) is 0 Å². The highest BCUT2D eigenvalue weighted by Gasteiger charge is 2.30. The zero-order chi connectivity index (χ0) is 21.0. The Morgan fingerprint density at radius 1 is 0.931 bits per heavy atom. The smallest absolute Gasteiger partial charge is 0.338 e. The summed E-state index contributed by atoms with van der Waals surface area (Å²) in [7, 11) is -3.57. The third kappa shape index (κ3) is 4.83. The van der Waals surface area contributed by atoms with Crippen LogP contribution in [-0.2, 0) is 19.6 Å². The van der Waals surface area contributed by atoms with Crippen molar-refractivity contribution in [1.82, 2.24) is 9.21 Å². The van der Waals surface area contributed by atoms with Crippen molar-refractivity contribution in [2.75, 3.05) is 32.8 Å². The fourth-order valence-corrected chi connectivity index (χ4v) is 4.53. The van der Waals surface area contributed by atoms with E-state index < -0.39 is 16.0 Å². The van der Waals surface area contributed by atoms with E-state index in [9.17, 15) is 18.0 Å². The molecule has 0 atom stereocenters. The topological polar surface area (TPSA) is 84.0 Å². The molecule has 0 saturated carbocycles. The number of carbonyl (C=O) groups excluding carboxylic acids is 2. The summed E-state index contributed by atoms with van der Waals surface area (Å²) in [5, 5.41) is 0. The van der Waals surface area contributed by atoms with Crippen LogP contribution in [0.15, 0.2) is 53.4 Å². The molecule has 0 aliphatic carbocycles. The van der Waals surface area contributed by atoms with Gasteiger partial charge in [0.25, 0.3) is 5.91 Å². The molecule has 2 aromatic carbocycles. The summed E-state index contributed by atoms with van der Waals surface area (Å²) in [5.41, 5.74) is 2.45. The predicted octanol–water partition coefficient (Wildman–Crippen LogP) is 1.99. The van der Waals surface area contributed by atoms with Gasteiger partial charge in [-0.2, -0.15) is 4.31 Å². The Kier molecular flexibility index (Phi) is 6.34. The molecular formula is C21H24N2O5S. The van der Waals surface area contributed by atoms with E-state index in [0.29, 0.717) is 5.56 Å². The Balaban J connectivity index is 1.52. The van der Waals surface area contributed by atoms with Gasteiger partial charge in [-0.25, -0.2) is 13.2 Å². The van der Waals surface area contributed by atoms with Gasteiger partial charge < -0.3 is 9.64 Å². The van der Waals surface area contributed by atoms with Gasteiger partial charge in [0.15, 0.2) is 6.61 Å². The van der Waals surface area contributed by atoms with E-state index in [0.717, 1.165) is 11.1 Å². The van der Waals surface area contributed by atoms with Crippen molar-refractivity contribution in [3.63, 3.8) is 0 Å². The highest BCUT2D eigenvalue weighted by molar-refractivity contribution is 7.89. The number of aryl methyl sites for hydroxylation is 2. The molecule has 0 unspecified atom stereocenters. The Morgan fingerprint density at radius 2 is 1.59 bits per heavy atom. The molecule has 2 aromatic rings. The van der Waals surface area contributed by atoms with E-state index in [2.05, 4.69) is 0 Å². The minimum absolute atomic E-state index is 0.202. The monoisotopic (exact) mass is 416 g/mol. The first-order valence-electron chi connectivity index (χ1n) is 9.36. The molecule has 0 spiro atoms. The molecule has 8 heteroatoms. The van der Waals surface area contributed by atoms with Crippen LogP contribution in [-0.4, -0.2) is 62.3 Å². The van der Waals surface area contributed by atoms with E-state index in [4.69, 9.17) is 4.74 Å². The van der Waals surface area contributed by atoms with Crippen LogP contribution < -0.4 is 0 Å². The Bertz CT molecular complexity index is 997. The Labute approximate surface area is 170 Å². The number of piperazine rings is 1. The highest BCUT2D eigenvalue weighted by Crippen LogP contribution is 2.17. The molecule has 29 heavy (non-hydrogen) atoms. The van der Waals surface area contributed by atoms with Crippen LogP contribution in [0.3, 0.4) is 0 Å². The lowest BCUT2D eigenvalue weighted by Gasteiger charge is -2.33. The summed E-state index contributed by atoms with van der Waals surface area (Å²) in [6.45, 7) is 4.41. The number of sulfonamides is 1. The normalized spacial score (nSPS) is 15.2. The van der Waals surface area contributed by atoms with Gasteiger partial charge in [0.2, 0.25) is 10.0 Å². The number of amides is 1. The van der Waals surface area contributed by atoms with E-state index in [1.54, 1.807) is 42.5 Å². The van der Waals surface area contributed by atoms with Crippen molar-refractivity contribution in [2.45, 2.75) is 18.7 Å². The molecule has 1 heterocycles. The van der Waals surface area contributed by atoms with Crippen LogP contribution in [0.5, 0.6) is 0 Å². The van der Waals surface area contributed by atoms with Crippen molar-refractivity contribution in [1.29, 1.82) is 0 Å². The van der Waals surface area contributed by atoms with Crippen LogP contribution >= 0.6 is 0 Å². The van der Waals surface area contributed by atoms with Crippen molar-refractivity contribution in [3.05, 3.63) is 65.2 Å². The van der Waals surface area contributed by atoms with Gasteiger partial charge in [0.1, 0.15) is 0 Å². The van der Waals surface area contributed by atoms with Crippen LogP contribution in [0.4, 0.5) is 0 Å². The fourth-order valence-electron chi connectivity index (χ4n) is 3.09. The number of nitrogens with zero attached hydrogens (tertiary/aromatic N) is 2. The highest BCUT2D eigenvalue weighted by atomic mass is 32.2. The zero-order valence-corrected chi connectivity index (χ0v) is 17.3. The van der Waals surface area contributed by atoms with E-state index in [-0.39, 0.29) is 43.6 Å². The second kappa shape index (κ2) is 8.75. The number of rotatable bonds is 5. The molecule has 7 nitrogen and oxygen atoms in total. The molecule has 1 fully saturated rings. The Morgan fingerprint density at radius 3 is 2.21 bits per heavy atom. The van der Waals surface area contributed by atoms with Gasteiger partial charge in [0.05, 0.1) is 10.5 Å². The summed E-state index contributed by atoms with van der Waals surface area (Å²) in [6, 6.07) is 13.5. The number of hydrogen-bond acceptors (Lipinski definition) is 5. The van der Waals surface area contributed by atoms with Gasteiger partial charge in [-0.1, -0.05) is 24.3 Å². The van der Waals surface area contributed by atoms with E-state index >= 15 is 0 Å². The van der Waals surface area contributed by atoms with Crippen LogP contribution in [0.1, 0.15) is 21.5 Å². The SMILES string of the molecule is Cc1ccc(C(=O)OCC(=O)N2CCN(S(=O)(=O)c3ccccc3)CC2)cc1C. The quantitative estimate of drug-likeness (QED) is 0.696. The molecule has 1 aliphatic rings. The molecule has 0 bridgehead atoms. The summed E-state index contributed by atoms with van der Waals surface area (Å²) >= 11 is 0. The first-order valence-corrected chi connectivity index (χ1v) is 10.8. The second-order valence-electron chi connectivity index (χ2n) is 6.97. The fraction of sp³-hybridized carbons (Fsp3) is 0.333. The summed E-state index contributed by atoms with van der Waals surface area (Å²) in [4.78, 5) is 26.3. The second-order valence-corrected chi connectivity index (χ2v) is 8.91. The third-order valence-electron chi connectivity index (χ3n) is 5.04. The maximum absolute atomic E-state index is 12.6. The molecule has 0 aromatic heterocycles. The standard InChI is InChI=1S/C21H24N2O5S/c1-16-8-9-18(14-17(16)2)21(25)28-15-20(24)22-10-12-23(13-11-22)29(26,27)19-6-4-3-5-7-19/h3-9,14H,10-13,15H2,1-2H3. The van der Waals surface area contributed by atoms with Gasteiger partial charge in [-0.15, -0.1) is 0 Å². The minimum atomic E-state index is -3.57. The lowest BCUT2D eigenvalue weighted by molar-refractivity contribution is -0.135. The van der Waals surface area contributed by atoms with Crippen molar-refractivity contribution in [3.8, 4) is 0 Å². The Hall–Kier alpha value is -2.71.